The van der Waals surface area contributed by atoms with Gasteiger partial charge in [-0.25, -0.2) is 0 Å². The first kappa shape index (κ1) is 24.4. The number of rotatable bonds is 4. The van der Waals surface area contributed by atoms with Gasteiger partial charge >= 0.3 is 12.4 Å². The number of aliphatic imine (C=N–C) groups is 1. The summed E-state index contributed by atoms with van der Waals surface area (Å²) in [6.45, 7) is 3.15. The molecule has 0 bridgehead atoms. The summed E-state index contributed by atoms with van der Waals surface area (Å²) in [4.78, 5) is 4.06. The van der Waals surface area contributed by atoms with Gasteiger partial charge in [-0.1, -0.05) is 0 Å². The second-order valence-corrected chi connectivity index (χ2v) is 6.94. The van der Waals surface area contributed by atoms with Gasteiger partial charge in [0.1, 0.15) is 0 Å². The fourth-order valence-corrected chi connectivity index (χ4v) is 3.01. The zero-order valence-electron chi connectivity index (χ0n) is 15.5. The van der Waals surface area contributed by atoms with Crippen LogP contribution in [0.1, 0.15) is 31.4 Å². The maximum atomic E-state index is 13.1. The largest absolute Gasteiger partial charge is 0.493 e. The van der Waals surface area contributed by atoms with Gasteiger partial charge in [-0.05, 0) is 38.0 Å². The highest BCUT2D eigenvalue weighted by Crippen LogP contribution is 2.47. The van der Waals surface area contributed by atoms with Crippen molar-refractivity contribution in [3.63, 3.8) is 0 Å². The Labute approximate surface area is 164 Å². The van der Waals surface area contributed by atoms with E-state index in [4.69, 9.17) is 9.47 Å². The minimum absolute atomic E-state index is 0. The number of hydrogen-bond donors (Lipinski definition) is 1. The number of benzene rings is 1. The van der Waals surface area contributed by atoms with Gasteiger partial charge in [0.15, 0.2) is 11.5 Å². The molecule has 28 heavy (non-hydrogen) atoms. The SMILES string of the molecule is COc1cc2c(cc1OC)C(CC(O)(C(F)(F)F)C(F)(F)F)=NC(C)(C)C2.Cl. The molecule has 2 rings (SSSR count). The maximum absolute atomic E-state index is 13.1. The van der Waals surface area contributed by atoms with E-state index in [0.29, 0.717) is 5.56 Å². The third-order valence-electron chi connectivity index (χ3n) is 4.34. The Kier molecular flexibility index (Phi) is 6.63. The lowest BCUT2D eigenvalue weighted by Gasteiger charge is -2.36. The highest BCUT2D eigenvalue weighted by molar-refractivity contribution is 6.04. The van der Waals surface area contributed by atoms with Crippen LogP contribution in [0.5, 0.6) is 11.5 Å². The van der Waals surface area contributed by atoms with Gasteiger partial charge in [-0.3, -0.25) is 4.99 Å². The Balaban J connectivity index is 0.00000392. The molecule has 160 valence electrons. The lowest BCUT2D eigenvalue weighted by molar-refractivity contribution is -0.365. The first-order chi connectivity index (χ1) is 12.1. The molecule has 1 aromatic rings. The highest BCUT2D eigenvalue weighted by Gasteiger charge is 2.70. The van der Waals surface area contributed by atoms with E-state index in [2.05, 4.69) is 4.99 Å². The zero-order chi connectivity index (χ0) is 20.8. The Bertz CT molecular complexity index is 744. The standard InChI is InChI=1S/C17H19F6NO3.ClH/c1-14(2)7-9-5-12(26-3)13(27-4)6-10(9)11(24-14)8-15(25,16(18,19)20)17(21,22)23;/h5-6,25H,7-8H2,1-4H3;1H. The summed E-state index contributed by atoms with van der Waals surface area (Å²) in [6, 6.07) is 2.76. The topological polar surface area (TPSA) is 51.0 Å². The summed E-state index contributed by atoms with van der Waals surface area (Å²) in [5.74, 6) is 0.418. The Morgan fingerprint density at radius 1 is 1.00 bits per heavy atom. The molecule has 0 amide bonds. The number of aliphatic hydroxyl groups is 1. The molecular weight excluding hydrogens is 416 g/mol. The molecular formula is C17H20ClF6NO3. The first-order valence-electron chi connectivity index (χ1n) is 7.85. The van der Waals surface area contributed by atoms with Crippen molar-refractivity contribution in [2.24, 2.45) is 4.99 Å². The zero-order valence-corrected chi connectivity index (χ0v) is 16.3. The van der Waals surface area contributed by atoms with Crippen molar-refractivity contribution in [1.82, 2.24) is 0 Å². The van der Waals surface area contributed by atoms with Gasteiger partial charge < -0.3 is 14.6 Å². The molecule has 1 aromatic carbocycles. The predicted molar refractivity (Wildman–Crippen MR) is 92.8 cm³/mol. The summed E-state index contributed by atoms with van der Waals surface area (Å²) in [5, 5.41) is 9.57. The van der Waals surface area contributed by atoms with E-state index in [1.54, 1.807) is 13.8 Å². The first-order valence-corrected chi connectivity index (χ1v) is 7.85. The van der Waals surface area contributed by atoms with E-state index in [-0.39, 0.29) is 35.9 Å². The summed E-state index contributed by atoms with van der Waals surface area (Å²) in [6.07, 6.45) is -13.3. The monoisotopic (exact) mass is 435 g/mol. The Morgan fingerprint density at radius 3 is 1.89 bits per heavy atom. The van der Waals surface area contributed by atoms with E-state index in [0.717, 1.165) is 0 Å². The van der Waals surface area contributed by atoms with E-state index in [1.165, 1.54) is 26.4 Å². The molecule has 11 heteroatoms. The average molecular weight is 436 g/mol. The number of methoxy groups -OCH3 is 2. The second kappa shape index (κ2) is 7.62. The van der Waals surface area contributed by atoms with E-state index >= 15 is 0 Å². The van der Waals surface area contributed by atoms with E-state index in [1.807, 2.05) is 0 Å². The van der Waals surface area contributed by atoms with Crippen LogP contribution in [0.3, 0.4) is 0 Å². The molecule has 1 heterocycles. The molecule has 0 radical (unpaired) electrons. The van der Waals surface area contributed by atoms with Crippen molar-refractivity contribution in [2.75, 3.05) is 14.2 Å². The fraction of sp³-hybridized carbons (Fsp3) is 0.588. The molecule has 0 atom stereocenters. The maximum Gasteiger partial charge on any atom is 0.426 e. The van der Waals surface area contributed by atoms with Gasteiger partial charge in [-0.15, -0.1) is 12.4 Å². The highest BCUT2D eigenvalue weighted by atomic mass is 35.5. The van der Waals surface area contributed by atoms with Gasteiger partial charge in [0, 0.05) is 17.7 Å². The molecule has 0 spiro atoms. The lowest BCUT2D eigenvalue weighted by atomic mass is 9.82. The van der Waals surface area contributed by atoms with Crippen LogP contribution in [-0.4, -0.2) is 48.5 Å². The van der Waals surface area contributed by atoms with E-state index in [9.17, 15) is 31.4 Å². The van der Waals surface area contributed by atoms with Gasteiger partial charge in [-0.2, -0.15) is 26.3 Å². The Morgan fingerprint density at radius 2 is 1.46 bits per heavy atom. The van der Waals surface area contributed by atoms with Crippen molar-refractivity contribution in [3.05, 3.63) is 23.3 Å². The van der Waals surface area contributed by atoms with Crippen LogP contribution in [0.4, 0.5) is 26.3 Å². The van der Waals surface area contributed by atoms with Crippen molar-refractivity contribution in [2.45, 2.75) is 50.2 Å². The third kappa shape index (κ3) is 4.32. The van der Waals surface area contributed by atoms with Crippen LogP contribution in [-0.2, 0) is 6.42 Å². The Hall–Kier alpha value is -1.68. The molecule has 0 saturated heterocycles. The van der Waals surface area contributed by atoms with Crippen LogP contribution in [0, 0.1) is 0 Å². The molecule has 1 N–H and O–H groups in total. The molecule has 0 aliphatic carbocycles. The molecule has 0 fully saturated rings. The number of hydrogen-bond acceptors (Lipinski definition) is 4. The number of halogens is 7. The molecule has 4 nitrogen and oxygen atoms in total. The lowest BCUT2D eigenvalue weighted by Crippen LogP contribution is -2.58. The summed E-state index contributed by atoms with van der Waals surface area (Å²) in [7, 11) is 2.65. The molecule has 0 unspecified atom stereocenters. The summed E-state index contributed by atoms with van der Waals surface area (Å²) in [5.41, 5.74) is -5.87. The smallest absolute Gasteiger partial charge is 0.426 e. The minimum atomic E-state index is -5.92. The van der Waals surface area contributed by atoms with Crippen LogP contribution in [0.25, 0.3) is 0 Å². The molecule has 1 aliphatic rings. The van der Waals surface area contributed by atoms with Gasteiger partial charge in [0.25, 0.3) is 5.60 Å². The van der Waals surface area contributed by atoms with E-state index < -0.39 is 35.6 Å². The van der Waals surface area contributed by atoms with Crippen LogP contribution in [0.15, 0.2) is 17.1 Å². The van der Waals surface area contributed by atoms with Crippen LogP contribution in [0.2, 0.25) is 0 Å². The minimum Gasteiger partial charge on any atom is -0.493 e. The third-order valence-corrected chi connectivity index (χ3v) is 4.34. The summed E-state index contributed by atoms with van der Waals surface area (Å²) < 4.78 is 88.9. The average Bonchev–Trinajstić information content (AvgIpc) is 2.50. The van der Waals surface area contributed by atoms with Crippen LogP contribution >= 0.6 is 12.4 Å². The second-order valence-electron chi connectivity index (χ2n) is 6.94. The molecule has 0 aromatic heterocycles. The van der Waals surface area contributed by atoms with Crippen molar-refractivity contribution in [1.29, 1.82) is 0 Å². The molecule has 0 saturated carbocycles. The van der Waals surface area contributed by atoms with Crippen molar-refractivity contribution >= 4 is 18.1 Å². The van der Waals surface area contributed by atoms with Crippen molar-refractivity contribution < 1.29 is 40.9 Å². The number of fused-ring (bicyclic) bond motifs is 1. The quantitative estimate of drug-likeness (QED) is 0.709. The normalized spacial score (nSPS) is 16.6. The van der Waals surface area contributed by atoms with Crippen molar-refractivity contribution in [3.8, 4) is 11.5 Å². The number of ether oxygens (including phenoxy) is 2. The van der Waals surface area contributed by atoms with Gasteiger partial charge in [0.05, 0.1) is 19.8 Å². The summed E-state index contributed by atoms with van der Waals surface area (Å²) >= 11 is 0. The number of alkyl halides is 6. The molecule has 1 aliphatic heterocycles. The fourth-order valence-electron chi connectivity index (χ4n) is 3.01. The van der Waals surface area contributed by atoms with Gasteiger partial charge in [0.2, 0.25) is 0 Å². The van der Waals surface area contributed by atoms with Crippen LogP contribution < -0.4 is 9.47 Å². The predicted octanol–water partition coefficient (Wildman–Crippen LogP) is 4.50. The number of nitrogens with zero attached hydrogens (tertiary/aromatic N) is 1.